The third-order valence-electron chi connectivity index (χ3n) is 2.52. The molecule has 18 heavy (non-hydrogen) atoms. The van der Waals surface area contributed by atoms with E-state index in [2.05, 4.69) is 31.0 Å². The number of hydrogen-bond acceptors (Lipinski definition) is 1. The standard InChI is InChI=1S/C15H19Cl2N/c1-4-11-18-14(15(3,16)17)10-9-13-7-5-12(2)6-8-13/h5-8,14,18H,4,11H2,1-3H3/t14-/m1/s1. The zero-order valence-electron chi connectivity index (χ0n) is 11.1. The van der Waals surface area contributed by atoms with Crippen molar-refractivity contribution in [2.75, 3.05) is 6.54 Å². The van der Waals surface area contributed by atoms with Crippen LogP contribution in [0.4, 0.5) is 0 Å². The highest BCUT2D eigenvalue weighted by Crippen LogP contribution is 2.24. The molecule has 1 N–H and O–H groups in total. The molecule has 1 aromatic carbocycles. The third-order valence-corrected chi connectivity index (χ3v) is 2.95. The van der Waals surface area contributed by atoms with E-state index in [1.54, 1.807) is 6.92 Å². The van der Waals surface area contributed by atoms with Gasteiger partial charge in [0, 0.05) is 5.56 Å². The maximum atomic E-state index is 6.13. The SMILES string of the molecule is CCCN[C@H](C#Cc1ccc(C)cc1)C(C)(Cl)Cl. The van der Waals surface area contributed by atoms with E-state index in [-0.39, 0.29) is 6.04 Å². The van der Waals surface area contributed by atoms with E-state index in [0.717, 1.165) is 18.5 Å². The quantitative estimate of drug-likeness (QED) is 0.653. The van der Waals surface area contributed by atoms with E-state index in [1.807, 2.05) is 24.3 Å². The highest BCUT2D eigenvalue weighted by Gasteiger charge is 2.27. The monoisotopic (exact) mass is 283 g/mol. The van der Waals surface area contributed by atoms with Crippen molar-refractivity contribution in [3.8, 4) is 11.8 Å². The Bertz CT molecular complexity index is 421. The fraction of sp³-hybridized carbons (Fsp3) is 0.467. The van der Waals surface area contributed by atoms with Crippen LogP contribution in [0.3, 0.4) is 0 Å². The molecule has 0 saturated heterocycles. The summed E-state index contributed by atoms with van der Waals surface area (Å²) in [5, 5.41) is 3.25. The van der Waals surface area contributed by atoms with Crippen molar-refractivity contribution < 1.29 is 0 Å². The number of benzene rings is 1. The number of nitrogens with one attached hydrogen (secondary N) is 1. The largest absolute Gasteiger partial charge is 0.301 e. The van der Waals surface area contributed by atoms with Crippen molar-refractivity contribution in [2.24, 2.45) is 0 Å². The van der Waals surface area contributed by atoms with Gasteiger partial charge >= 0.3 is 0 Å². The lowest BCUT2D eigenvalue weighted by Gasteiger charge is -2.22. The first kappa shape index (κ1) is 15.4. The average Bonchev–Trinajstić information content (AvgIpc) is 2.30. The van der Waals surface area contributed by atoms with Crippen molar-refractivity contribution in [1.29, 1.82) is 0 Å². The molecule has 0 aliphatic heterocycles. The van der Waals surface area contributed by atoms with Crippen LogP contribution in [0.2, 0.25) is 0 Å². The predicted molar refractivity (Wildman–Crippen MR) is 80.2 cm³/mol. The van der Waals surface area contributed by atoms with Crippen LogP contribution in [0.25, 0.3) is 0 Å². The molecule has 0 unspecified atom stereocenters. The highest BCUT2D eigenvalue weighted by atomic mass is 35.5. The second-order valence-electron chi connectivity index (χ2n) is 4.48. The Labute approximate surface area is 120 Å². The Balaban J connectivity index is 2.80. The van der Waals surface area contributed by atoms with E-state index in [9.17, 15) is 0 Å². The van der Waals surface area contributed by atoms with E-state index in [1.165, 1.54) is 5.56 Å². The van der Waals surface area contributed by atoms with Crippen LogP contribution < -0.4 is 5.32 Å². The van der Waals surface area contributed by atoms with Gasteiger partial charge in [-0.2, -0.15) is 0 Å². The van der Waals surface area contributed by atoms with Crippen LogP contribution in [0.15, 0.2) is 24.3 Å². The number of halogens is 2. The molecule has 98 valence electrons. The Morgan fingerprint density at radius 2 is 1.89 bits per heavy atom. The molecular formula is C15H19Cl2N. The number of alkyl halides is 2. The van der Waals surface area contributed by atoms with Gasteiger partial charge in [-0.05, 0) is 38.9 Å². The second kappa shape index (κ2) is 7.04. The van der Waals surface area contributed by atoms with Gasteiger partial charge in [-0.1, -0.05) is 59.7 Å². The highest BCUT2D eigenvalue weighted by molar-refractivity contribution is 6.48. The van der Waals surface area contributed by atoms with Gasteiger partial charge < -0.3 is 5.32 Å². The van der Waals surface area contributed by atoms with Crippen molar-refractivity contribution in [3.05, 3.63) is 35.4 Å². The molecule has 1 atom stereocenters. The lowest BCUT2D eigenvalue weighted by molar-refractivity contribution is 0.566. The van der Waals surface area contributed by atoms with Gasteiger partial charge in [0.2, 0.25) is 0 Å². The molecule has 1 nitrogen and oxygen atoms in total. The summed E-state index contributed by atoms with van der Waals surface area (Å²) in [6.45, 7) is 6.75. The van der Waals surface area contributed by atoms with Crippen LogP contribution in [0, 0.1) is 18.8 Å². The van der Waals surface area contributed by atoms with Gasteiger partial charge in [-0.25, -0.2) is 0 Å². The zero-order valence-corrected chi connectivity index (χ0v) is 12.6. The summed E-state index contributed by atoms with van der Waals surface area (Å²) in [4.78, 5) is 0. The van der Waals surface area contributed by atoms with Crippen LogP contribution in [0.5, 0.6) is 0 Å². The summed E-state index contributed by atoms with van der Waals surface area (Å²) in [5.41, 5.74) is 2.20. The summed E-state index contributed by atoms with van der Waals surface area (Å²) in [5.74, 6) is 6.21. The number of hydrogen-bond donors (Lipinski definition) is 1. The molecule has 0 heterocycles. The molecule has 0 aliphatic carbocycles. The van der Waals surface area contributed by atoms with E-state index in [0.29, 0.717) is 0 Å². The zero-order chi connectivity index (χ0) is 13.6. The number of rotatable bonds is 4. The molecule has 0 aromatic heterocycles. The summed E-state index contributed by atoms with van der Waals surface area (Å²) in [6.07, 6.45) is 1.02. The maximum absolute atomic E-state index is 6.13. The average molecular weight is 284 g/mol. The van der Waals surface area contributed by atoms with Gasteiger partial charge in [0.1, 0.15) is 10.4 Å². The van der Waals surface area contributed by atoms with Crippen molar-refractivity contribution >= 4 is 23.2 Å². The first-order chi connectivity index (χ1) is 8.43. The molecule has 0 aliphatic rings. The van der Waals surface area contributed by atoms with E-state index in [4.69, 9.17) is 23.2 Å². The molecule has 0 spiro atoms. The first-order valence-electron chi connectivity index (χ1n) is 6.13. The van der Waals surface area contributed by atoms with Crippen molar-refractivity contribution in [3.63, 3.8) is 0 Å². The van der Waals surface area contributed by atoms with Gasteiger partial charge in [0.15, 0.2) is 0 Å². The number of aryl methyl sites for hydroxylation is 1. The Morgan fingerprint density at radius 1 is 1.28 bits per heavy atom. The third kappa shape index (κ3) is 5.31. The molecule has 0 saturated carbocycles. The normalized spacial score (nSPS) is 12.7. The molecule has 3 heteroatoms. The van der Waals surface area contributed by atoms with Crippen molar-refractivity contribution in [1.82, 2.24) is 5.32 Å². The fourth-order valence-electron chi connectivity index (χ4n) is 1.44. The topological polar surface area (TPSA) is 12.0 Å². The van der Waals surface area contributed by atoms with Gasteiger partial charge in [-0.3, -0.25) is 0 Å². The predicted octanol–water partition coefficient (Wildman–Crippen LogP) is 3.91. The first-order valence-corrected chi connectivity index (χ1v) is 6.88. The van der Waals surface area contributed by atoms with Crippen LogP contribution in [-0.4, -0.2) is 16.9 Å². The lowest BCUT2D eigenvalue weighted by Crippen LogP contribution is -2.40. The summed E-state index contributed by atoms with van der Waals surface area (Å²) in [7, 11) is 0. The second-order valence-corrected chi connectivity index (χ2v) is 6.24. The fourth-order valence-corrected chi connectivity index (χ4v) is 1.70. The van der Waals surface area contributed by atoms with Gasteiger partial charge in [0.05, 0.1) is 0 Å². The Morgan fingerprint density at radius 3 is 2.39 bits per heavy atom. The molecule has 1 aromatic rings. The van der Waals surface area contributed by atoms with Gasteiger partial charge in [-0.15, -0.1) is 0 Å². The maximum Gasteiger partial charge on any atom is 0.141 e. The minimum absolute atomic E-state index is 0.234. The van der Waals surface area contributed by atoms with Gasteiger partial charge in [0.25, 0.3) is 0 Å². The molecule has 0 bridgehead atoms. The van der Waals surface area contributed by atoms with Crippen LogP contribution in [-0.2, 0) is 0 Å². The summed E-state index contributed by atoms with van der Waals surface area (Å²) in [6, 6.07) is 7.85. The molecule has 0 fully saturated rings. The van der Waals surface area contributed by atoms with E-state index < -0.39 is 4.33 Å². The molecule has 0 amide bonds. The summed E-state index contributed by atoms with van der Waals surface area (Å²) < 4.78 is -0.896. The van der Waals surface area contributed by atoms with E-state index >= 15 is 0 Å². The lowest BCUT2D eigenvalue weighted by atomic mass is 10.1. The Hall–Kier alpha value is -0.680. The molecule has 1 rings (SSSR count). The minimum Gasteiger partial charge on any atom is -0.301 e. The smallest absolute Gasteiger partial charge is 0.141 e. The summed E-state index contributed by atoms with van der Waals surface area (Å²) >= 11 is 12.3. The Kier molecular flexibility index (Phi) is 6.02. The van der Waals surface area contributed by atoms with Crippen molar-refractivity contribution in [2.45, 2.75) is 37.6 Å². The minimum atomic E-state index is -0.896. The molecule has 0 radical (unpaired) electrons. The molecular weight excluding hydrogens is 265 g/mol. The van der Waals surface area contributed by atoms with Crippen LogP contribution >= 0.6 is 23.2 Å². The van der Waals surface area contributed by atoms with Crippen LogP contribution in [0.1, 0.15) is 31.4 Å².